The standard InChI is InChI=1S/C14H23N3OS/c1-2-17-13(3-6-16-17)14-11(4-7-18-14)9-15-12-5-8-19-10-12/h3,6,11-12,14-15H,2,4-5,7-10H2,1H3/t11-,12+,14+/m0/s1. The van der Waals surface area contributed by atoms with Crippen LogP contribution in [0.15, 0.2) is 12.3 Å². The van der Waals surface area contributed by atoms with Crippen molar-refractivity contribution < 1.29 is 4.74 Å². The second-order valence-corrected chi connectivity index (χ2v) is 6.53. The van der Waals surface area contributed by atoms with Crippen molar-refractivity contribution in [3.8, 4) is 0 Å². The molecule has 0 spiro atoms. The molecule has 4 nitrogen and oxygen atoms in total. The Bertz CT molecular complexity index is 403. The first-order valence-corrected chi connectivity index (χ1v) is 8.48. The van der Waals surface area contributed by atoms with Gasteiger partial charge in [0.15, 0.2) is 0 Å². The summed E-state index contributed by atoms with van der Waals surface area (Å²) in [6.45, 7) is 5.01. The lowest BCUT2D eigenvalue weighted by atomic mass is 9.98. The number of hydrogen-bond donors (Lipinski definition) is 1. The topological polar surface area (TPSA) is 39.1 Å². The van der Waals surface area contributed by atoms with Crippen LogP contribution in [0.3, 0.4) is 0 Å². The van der Waals surface area contributed by atoms with Crippen LogP contribution in [0.1, 0.15) is 31.6 Å². The number of thioether (sulfide) groups is 1. The fraction of sp³-hybridized carbons (Fsp3) is 0.786. The van der Waals surface area contributed by atoms with E-state index in [0.29, 0.717) is 12.0 Å². The molecule has 0 amide bonds. The van der Waals surface area contributed by atoms with Gasteiger partial charge in [-0.15, -0.1) is 0 Å². The third kappa shape index (κ3) is 2.98. The van der Waals surface area contributed by atoms with E-state index in [1.807, 2.05) is 6.20 Å². The molecule has 3 atom stereocenters. The Balaban J connectivity index is 1.61. The fourth-order valence-corrected chi connectivity index (χ4v) is 4.22. The summed E-state index contributed by atoms with van der Waals surface area (Å²) >= 11 is 2.06. The van der Waals surface area contributed by atoms with Gasteiger partial charge in [0.25, 0.3) is 0 Å². The maximum atomic E-state index is 5.96. The van der Waals surface area contributed by atoms with Gasteiger partial charge < -0.3 is 10.1 Å². The van der Waals surface area contributed by atoms with Gasteiger partial charge in [0.2, 0.25) is 0 Å². The molecule has 2 fully saturated rings. The highest BCUT2D eigenvalue weighted by Crippen LogP contribution is 2.34. The molecule has 1 aromatic rings. The third-order valence-corrected chi connectivity index (χ3v) is 5.32. The van der Waals surface area contributed by atoms with Crippen molar-refractivity contribution in [1.82, 2.24) is 15.1 Å². The highest BCUT2D eigenvalue weighted by Gasteiger charge is 2.32. The minimum Gasteiger partial charge on any atom is -0.372 e. The summed E-state index contributed by atoms with van der Waals surface area (Å²) in [5.74, 6) is 3.17. The smallest absolute Gasteiger partial charge is 0.103 e. The van der Waals surface area contributed by atoms with Crippen LogP contribution < -0.4 is 5.32 Å². The van der Waals surface area contributed by atoms with Crippen molar-refractivity contribution in [3.05, 3.63) is 18.0 Å². The summed E-state index contributed by atoms with van der Waals surface area (Å²) in [5, 5.41) is 8.09. The van der Waals surface area contributed by atoms with Crippen LogP contribution in [0.5, 0.6) is 0 Å². The quantitative estimate of drug-likeness (QED) is 0.897. The molecule has 0 aromatic carbocycles. The summed E-state index contributed by atoms with van der Waals surface area (Å²) in [7, 11) is 0. The van der Waals surface area contributed by atoms with E-state index in [0.717, 1.165) is 26.1 Å². The second kappa shape index (κ2) is 6.29. The van der Waals surface area contributed by atoms with Gasteiger partial charge in [-0.3, -0.25) is 4.68 Å². The van der Waals surface area contributed by atoms with Crippen LogP contribution in [0, 0.1) is 5.92 Å². The minimum atomic E-state index is 0.226. The van der Waals surface area contributed by atoms with Crippen molar-refractivity contribution in [2.75, 3.05) is 24.7 Å². The molecule has 1 N–H and O–H groups in total. The Kier molecular flexibility index (Phi) is 4.45. The molecule has 1 aromatic heterocycles. The van der Waals surface area contributed by atoms with E-state index in [2.05, 4.69) is 39.8 Å². The monoisotopic (exact) mass is 281 g/mol. The number of aryl methyl sites for hydroxylation is 1. The van der Waals surface area contributed by atoms with E-state index < -0.39 is 0 Å². The highest BCUT2D eigenvalue weighted by molar-refractivity contribution is 7.99. The number of nitrogens with zero attached hydrogens (tertiary/aromatic N) is 2. The first kappa shape index (κ1) is 13.5. The molecular weight excluding hydrogens is 258 g/mol. The molecule has 2 aliphatic rings. The SMILES string of the molecule is CCn1nccc1[C@@H]1OCC[C@H]1CN[C@@H]1CCSC1. The van der Waals surface area contributed by atoms with Crippen LogP contribution in [-0.2, 0) is 11.3 Å². The molecule has 2 saturated heterocycles. The van der Waals surface area contributed by atoms with Gasteiger partial charge >= 0.3 is 0 Å². The zero-order chi connectivity index (χ0) is 13.1. The van der Waals surface area contributed by atoms with Gasteiger partial charge in [-0.1, -0.05) is 0 Å². The molecule has 0 radical (unpaired) electrons. The zero-order valence-electron chi connectivity index (χ0n) is 11.5. The molecule has 3 heterocycles. The predicted octanol–water partition coefficient (Wildman–Crippen LogP) is 2.08. The Morgan fingerprint density at radius 1 is 1.53 bits per heavy atom. The number of rotatable bonds is 5. The summed E-state index contributed by atoms with van der Waals surface area (Å²) < 4.78 is 8.03. The van der Waals surface area contributed by atoms with Crippen molar-refractivity contribution in [2.45, 2.75) is 38.5 Å². The number of nitrogens with one attached hydrogen (secondary N) is 1. The molecule has 3 rings (SSSR count). The largest absolute Gasteiger partial charge is 0.372 e. The van der Waals surface area contributed by atoms with Crippen molar-refractivity contribution in [3.63, 3.8) is 0 Å². The molecule has 2 aliphatic heterocycles. The summed E-state index contributed by atoms with van der Waals surface area (Å²) in [6.07, 6.45) is 4.59. The molecule has 0 saturated carbocycles. The first-order chi connectivity index (χ1) is 9.38. The second-order valence-electron chi connectivity index (χ2n) is 5.38. The van der Waals surface area contributed by atoms with Gasteiger partial charge in [0.05, 0.1) is 5.69 Å². The van der Waals surface area contributed by atoms with E-state index in [-0.39, 0.29) is 6.10 Å². The van der Waals surface area contributed by atoms with Crippen LogP contribution in [0.4, 0.5) is 0 Å². The summed E-state index contributed by atoms with van der Waals surface area (Å²) in [6, 6.07) is 2.82. The molecule has 0 aliphatic carbocycles. The molecule has 0 bridgehead atoms. The van der Waals surface area contributed by atoms with E-state index in [9.17, 15) is 0 Å². The Morgan fingerprint density at radius 3 is 3.26 bits per heavy atom. The zero-order valence-corrected chi connectivity index (χ0v) is 12.4. The van der Waals surface area contributed by atoms with Crippen molar-refractivity contribution in [2.24, 2.45) is 5.92 Å². The van der Waals surface area contributed by atoms with Gasteiger partial charge in [-0.05, 0) is 31.6 Å². The van der Waals surface area contributed by atoms with Gasteiger partial charge in [0, 0.05) is 43.6 Å². The molecule has 106 valence electrons. The van der Waals surface area contributed by atoms with Crippen LogP contribution >= 0.6 is 11.8 Å². The molecule has 0 unspecified atom stereocenters. The highest BCUT2D eigenvalue weighted by atomic mass is 32.2. The lowest BCUT2D eigenvalue weighted by Gasteiger charge is -2.21. The normalized spacial score (nSPS) is 31.1. The van der Waals surface area contributed by atoms with E-state index in [1.165, 1.54) is 23.6 Å². The van der Waals surface area contributed by atoms with Crippen LogP contribution in [0.2, 0.25) is 0 Å². The van der Waals surface area contributed by atoms with Crippen LogP contribution in [0.25, 0.3) is 0 Å². The van der Waals surface area contributed by atoms with Crippen molar-refractivity contribution in [1.29, 1.82) is 0 Å². The molecule has 5 heteroatoms. The Hall–Kier alpha value is -0.520. The van der Waals surface area contributed by atoms with E-state index in [4.69, 9.17) is 4.74 Å². The lowest BCUT2D eigenvalue weighted by molar-refractivity contribution is 0.0825. The molecular formula is C14H23N3OS. The number of ether oxygens (including phenoxy) is 1. The van der Waals surface area contributed by atoms with Gasteiger partial charge in [-0.25, -0.2) is 0 Å². The average Bonchev–Trinajstić information content (AvgIpc) is 3.16. The number of hydrogen-bond acceptors (Lipinski definition) is 4. The first-order valence-electron chi connectivity index (χ1n) is 7.33. The van der Waals surface area contributed by atoms with Crippen LogP contribution in [-0.4, -0.2) is 40.5 Å². The van der Waals surface area contributed by atoms with E-state index in [1.54, 1.807) is 0 Å². The number of aromatic nitrogens is 2. The van der Waals surface area contributed by atoms with E-state index >= 15 is 0 Å². The van der Waals surface area contributed by atoms with Crippen molar-refractivity contribution >= 4 is 11.8 Å². The third-order valence-electron chi connectivity index (χ3n) is 4.15. The lowest BCUT2D eigenvalue weighted by Crippen LogP contribution is -2.34. The summed E-state index contributed by atoms with van der Waals surface area (Å²) in [5.41, 5.74) is 1.24. The maximum absolute atomic E-state index is 5.96. The average molecular weight is 281 g/mol. The predicted molar refractivity (Wildman–Crippen MR) is 78.4 cm³/mol. The molecule has 19 heavy (non-hydrogen) atoms. The summed E-state index contributed by atoms with van der Waals surface area (Å²) in [4.78, 5) is 0. The Labute approximate surface area is 119 Å². The Morgan fingerprint density at radius 2 is 2.47 bits per heavy atom. The fourth-order valence-electron chi connectivity index (χ4n) is 3.03. The minimum absolute atomic E-state index is 0.226. The van der Waals surface area contributed by atoms with Gasteiger partial charge in [0.1, 0.15) is 6.10 Å². The maximum Gasteiger partial charge on any atom is 0.103 e. The van der Waals surface area contributed by atoms with Gasteiger partial charge in [-0.2, -0.15) is 16.9 Å².